The molecule has 0 radical (unpaired) electrons. The Morgan fingerprint density at radius 3 is 3.06 bits per heavy atom. The lowest BCUT2D eigenvalue weighted by molar-refractivity contribution is 0.828. The SMILES string of the molecule is Clc1ccc2ccn(Cc3nccs3)c2c1. The van der Waals surface area contributed by atoms with Crippen molar-refractivity contribution in [3.05, 3.63) is 52.1 Å². The summed E-state index contributed by atoms with van der Waals surface area (Å²) in [6.07, 6.45) is 3.90. The van der Waals surface area contributed by atoms with Crippen molar-refractivity contribution in [2.24, 2.45) is 0 Å². The molecule has 0 amide bonds. The molecular weight excluding hydrogens is 240 g/mol. The van der Waals surface area contributed by atoms with Crippen molar-refractivity contribution in [2.45, 2.75) is 6.54 Å². The zero-order chi connectivity index (χ0) is 11.0. The van der Waals surface area contributed by atoms with E-state index in [0.717, 1.165) is 22.1 Å². The van der Waals surface area contributed by atoms with E-state index in [9.17, 15) is 0 Å². The molecule has 0 saturated carbocycles. The van der Waals surface area contributed by atoms with Crippen LogP contribution in [0, 0.1) is 0 Å². The van der Waals surface area contributed by atoms with Gasteiger partial charge in [0, 0.05) is 28.3 Å². The number of aromatic nitrogens is 2. The quantitative estimate of drug-likeness (QED) is 0.675. The second kappa shape index (κ2) is 3.92. The van der Waals surface area contributed by atoms with Crippen LogP contribution >= 0.6 is 22.9 Å². The fourth-order valence-electron chi connectivity index (χ4n) is 1.77. The molecule has 4 heteroatoms. The third-order valence-corrected chi connectivity index (χ3v) is 3.52. The zero-order valence-corrected chi connectivity index (χ0v) is 10.0. The summed E-state index contributed by atoms with van der Waals surface area (Å²) in [6, 6.07) is 8.04. The first-order valence-corrected chi connectivity index (χ1v) is 6.21. The molecule has 0 bridgehead atoms. The molecule has 0 unspecified atom stereocenters. The largest absolute Gasteiger partial charge is 0.341 e. The van der Waals surface area contributed by atoms with Gasteiger partial charge in [-0.25, -0.2) is 4.98 Å². The number of hydrogen-bond acceptors (Lipinski definition) is 2. The Bertz CT molecular complexity index is 613. The molecule has 2 heterocycles. The van der Waals surface area contributed by atoms with E-state index < -0.39 is 0 Å². The van der Waals surface area contributed by atoms with Crippen molar-refractivity contribution in [2.75, 3.05) is 0 Å². The molecule has 0 N–H and O–H groups in total. The lowest BCUT2D eigenvalue weighted by Crippen LogP contribution is -1.96. The van der Waals surface area contributed by atoms with Gasteiger partial charge in [0.2, 0.25) is 0 Å². The fraction of sp³-hybridized carbons (Fsp3) is 0.0833. The average molecular weight is 249 g/mol. The summed E-state index contributed by atoms with van der Waals surface area (Å²) in [5.74, 6) is 0. The van der Waals surface area contributed by atoms with Crippen LogP contribution in [0.2, 0.25) is 5.02 Å². The Labute approximate surface area is 102 Å². The number of hydrogen-bond donors (Lipinski definition) is 0. The van der Waals surface area contributed by atoms with Gasteiger partial charge < -0.3 is 4.57 Å². The first kappa shape index (κ1) is 9.87. The summed E-state index contributed by atoms with van der Waals surface area (Å²) in [5.41, 5.74) is 1.16. The number of benzene rings is 1. The Kier molecular flexibility index (Phi) is 2.42. The van der Waals surface area contributed by atoms with Gasteiger partial charge in [-0.2, -0.15) is 0 Å². The molecule has 0 aliphatic heterocycles. The minimum Gasteiger partial charge on any atom is -0.341 e. The maximum Gasteiger partial charge on any atom is 0.112 e. The van der Waals surface area contributed by atoms with E-state index in [4.69, 9.17) is 11.6 Å². The Balaban J connectivity index is 2.07. The molecule has 3 aromatic rings. The van der Waals surface area contributed by atoms with Gasteiger partial charge in [0.25, 0.3) is 0 Å². The van der Waals surface area contributed by atoms with Gasteiger partial charge in [-0.15, -0.1) is 11.3 Å². The Morgan fingerprint density at radius 1 is 1.31 bits per heavy atom. The minimum atomic E-state index is 0.770. The second-order valence-corrected chi connectivity index (χ2v) is 4.99. The van der Waals surface area contributed by atoms with Crippen LogP contribution in [0.15, 0.2) is 42.0 Å². The standard InChI is InChI=1S/C12H9ClN2S/c13-10-2-1-9-3-5-15(11(9)7-10)8-12-14-4-6-16-12/h1-7H,8H2. The van der Waals surface area contributed by atoms with Gasteiger partial charge in [-0.3, -0.25) is 0 Å². The molecule has 0 fully saturated rings. The zero-order valence-electron chi connectivity index (χ0n) is 8.43. The van der Waals surface area contributed by atoms with Crippen molar-refractivity contribution in [3.63, 3.8) is 0 Å². The van der Waals surface area contributed by atoms with E-state index >= 15 is 0 Å². The topological polar surface area (TPSA) is 17.8 Å². The van der Waals surface area contributed by atoms with E-state index in [-0.39, 0.29) is 0 Å². The second-order valence-electron chi connectivity index (χ2n) is 3.57. The number of nitrogens with zero attached hydrogens (tertiary/aromatic N) is 2. The molecule has 1 aromatic carbocycles. The van der Waals surface area contributed by atoms with Crippen molar-refractivity contribution < 1.29 is 0 Å². The number of rotatable bonds is 2. The molecule has 0 atom stereocenters. The normalized spacial score (nSPS) is 11.1. The molecule has 3 rings (SSSR count). The summed E-state index contributed by atoms with van der Waals surface area (Å²) in [6.45, 7) is 0.807. The highest BCUT2D eigenvalue weighted by Gasteiger charge is 2.03. The summed E-state index contributed by atoms with van der Waals surface area (Å²) in [4.78, 5) is 4.29. The molecule has 2 aromatic heterocycles. The predicted octanol–water partition coefficient (Wildman–Crippen LogP) is 3.80. The predicted molar refractivity (Wildman–Crippen MR) is 68.2 cm³/mol. The maximum atomic E-state index is 6.00. The molecule has 16 heavy (non-hydrogen) atoms. The molecular formula is C12H9ClN2S. The summed E-state index contributed by atoms with van der Waals surface area (Å²) >= 11 is 7.67. The van der Waals surface area contributed by atoms with Crippen LogP contribution in [-0.4, -0.2) is 9.55 Å². The van der Waals surface area contributed by atoms with Crippen LogP contribution in [0.1, 0.15) is 5.01 Å². The monoisotopic (exact) mass is 248 g/mol. The van der Waals surface area contributed by atoms with Gasteiger partial charge in [-0.1, -0.05) is 17.7 Å². The highest BCUT2D eigenvalue weighted by Crippen LogP contribution is 2.21. The maximum absolute atomic E-state index is 6.00. The van der Waals surface area contributed by atoms with Crippen molar-refractivity contribution >= 4 is 33.8 Å². The Hall–Kier alpha value is -1.32. The number of halogens is 1. The van der Waals surface area contributed by atoms with Crippen LogP contribution in [-0.2, 0) is 6.54 Å². The first-order valence-electron chi connectivity index (χ1n) is 4.96. The fourth-order valence-corrected chi connectivity index (χ4v) is 2.55. The third-order valence-electron chi connectivity index (χ3n) is 2.53. The van der Waals surface area contributed by atoms with Gasteiger partial charge in [0.1, 0.15) is 5.01 Å². The molecule has 2 nitrogen and oxygen atoms in total. The van der Waals surface area contributed by atoms with E-state index in [1.54, 1.807) is 11.3 Å². The summed E-state index contributed by atoms with van der Waals surface area (Å²) < 4.78 is 2.17. The van der Waals surface area contributed by atoms with Crippen LogP contribution in [0.5, 0.6) is 0 Å². The smallest absolute Gasteiger partial charge is 0.112 e. The van der Waals surface area contributed by atoms with Crippen LogP contribution in [0.3, 0.4) is 0 Å². The van der Waals surface area contributed by atoms with Crippen molar-refractivity contribution in [1.29, 1.82) is 0 Å². The summed E-state index contributed by atoms with van der Waals surface area (Å²) in [7, 11) is 0. The van der Waals surface area contributed by atoms with E-state index in [0.29, 0.717) is 0 Å². The van der Waals surface area contributed by atoms with Crippen LogP contribution in [0.4, 0.5) is 0 Å². The highest BCUT2D eigenvalue weighted by atomic mass is 35.5. The summed E-state index contributed by atoms with van der Waals surface area (Å²) in [5, 5.41) is 5.08. The van der Waals surface area contributed by atoms with Crippen LogP contribution < -0.4 is 0 Å². The van der Waals surface area contributed by atoms with E-state index in [1.807, 2.05) is 29.8 Å². The van der Waals surface area contributed by atoms with Gasteiger partial charge in [0.15, 0.2) is 0 Å². The molecule has 80 valence electrons. The number of fused-ring (bicyclic) bond motifs is 1. The van der Waals surface area contributed by atoms with Crippen molar-refractivity contribution in [1.82, 2.24) is 9.55 Å². The molecule has 0 spiro atoms. The lowest BCUT2D eigenvalue weighted by atomic mass is 10.2. The number of thiazole rings is 1. The third kappa shape index (κ3) is 1.72. The van der Waals surface area contributed by atoms with Gasteiger partial charge in [-0.05, 0) is 23.6 Å². The lowest BCUT2D eigenvalue weighted by Gasteiger charge is -2.02. The highest BCUT2D eigenvalue weighted by molar-refractivity contribution is 7.09. The molecule has 0 aliphatic carbocycles. The Morgan fingerprint density at radius 2 is 2.25 bits per heavy atom. The van der Waals surface area contributed by atoms with E-state index in [2.05, 4.69) is 21.8 Å². The van der Waals surface area contributed by atoms with Gasteiger partial charge in [0.05, 0.1) is 6.54 Å². The molecule has 0 aliphatic rings. The molecule has 0 saturated heterocycles. The van der Waals surface area contributed by atoms with E-state index in [1.165, 1.54) is 5.39 Å². The average Bonchev–Trinajstić information content (AvgIpc) is 2.90. The van der Waals surface area contributed by atoms with Gasteiger partial charge >= 0.3 is 0 Å². The minimum absolute atomic E-state index is 0.770. The van der Waals surface area contributed by atoms with Crippen molar-refractivity contribution in [3.8, 4) is 0 Å². The van der Waals surface area contributed by atoms with Crippen LogP contribution in [0.25, 0.3) is 10.9 Å². The first-order chi connectivity index (χ1) is 7.83.